The SMILES string of the molecule is CC(C)C(=O)NC1CCCN(C(=O)C2CC(=O)N(c3cccc(C(F)(F)F)c3)C2)C1. The molecule has 0 radical (unpaired) electrons. The minimum atomic E-state index is -4.50. The van der Waals surface area contributed by atoms with Crippen molar-refractivity contribution in [1.82, 2.24) is 10.2 Å². The van der Waals surface area contributed by atoms with Gasteiger partial charge in [-0.15, -0.1) is 0 Å². The van der Waals surface area contributed by atoms with Crippen LogP contribution in [0.4, 0.5) is 18.9 Å². The molecule has 0 bridgehead atoms. The van der Waals surface area contributed by atoms with Crippen molar-refractivity contribution in [2.45, 2.75) is 45.3 Å². The monoisotopic (exact) mass is 425 g/mol. The summed E-state index contributed by atoms with van der Waals surface area (Å²) in [6, 6.07) is 4.45. The predicted octanol–water partition coefficient (Wildman–Crippen LogP) is 2.82. The smallest absolute Gasteiger partial charge is 0.351 e. The van der Waals surface area contributed by atoms with E-state index in [1.165, 1.54) is 17.0 Å². The summed E-state index contributed by atoms with van der Waals surface area (Å²) in [6.07, 6.45) is -3.01. The molecule has 1 aromatic rings. The lowest BCUT2D eigenvalue weighted by molar-refractivity contribution is -0.138. The molecule has 9 heteroatoms. The maximum absolute atomic E-state index is 13.0. The third-order valence-corrected chi connectivity index (χ3v) is 5.56. The van der Waals surface area contributed by atoms with Crippen molar-refractivity contribution in [3.63, 3.8) is 0 Å². The van der Waals surface area contributed by atoms with Crippen LogP contribution in [0.2, 0.25) is 0 Å². The van der Waals surface area contributed by atoms with Gasteiger partial charge in [-0.1, -0.05) is 19.9 Å². The highest BCUT2D eigenvalue weighted by Crippen LogP contribution is 2.34. The van der Waals surface area contributed by atoms with Gasteiger partial charge in [0.2, 0.25) is 17.7 Å². The summed E-state index contributed by atoms with van der Waals surface area (Å²) in [4.78, 5) is 40.2. The molecule has 6 nitrogen and oxygen atoms in total. The van der Waals surface area contributed by atoms with Crippen molar-refractivity contribution in [2.24, 2.45) is 11.8 Å². The highest BCUT2D eigenvalue weighted by molar-refractivity contribution is 6.00. The number of rotatable bonds is 4. The first-order valence-corrected chi connectivity index (χ1v) is 10.1. The number of piperidine rings is 1. The number of halogens is 3. The van der Waals surface area contributed by atoms with Gasteiger partial charge in [0.25, 0.3) is 0 Å². The molecule has 0 spiro atoms. The van der Waals surface area contributed by atoms with Gasteiger partial charge in [-0.05, 0) is 31.0 Å². The maximum atomic E-state index is 13.0. The molecule has 3 amide bonds. The molecule has 1 N–H and O–H groups in total. The lowest BCUT2D eigenvalue weighted by Gasteiger charge is -2.35. The van der Waals surface area contributed by atoms with Gasteiger partial charge >= 0.3 is 6.18 Å². The van der Waals surface area contributed by atoms with Crippen LogP contribution in [0.25, 0.3) is 0 Å². The molecule has 0 aromatic heterocycles. The van der Waals surface area contributed by atoms with E-state index in [4.69, 9.17) is 0 Å². The summed E-state index contributed by atoms with van der Waals surface area (Å²) in [7, 11) is 0. The Balaban J connectivity index is 1.66. The molecule has 2 fully saturated rings. The molecule has 30 heavy (non-hydrogen) atoms. The van der Waals surface area contributed by atoms with Crippen LogP contribution >= 0.6 is 0 Å². The van der Waals surface area contributed by atoms with Gasteiger partial charge in [0.1, 0.15) is 0 Å². The number of hydrogen-bond acceptors (Lipinski definition) is 3. The minimum absolute atomic E-state index is 0.0331. The number of likely N-dealkylation sites (tertiary alicyclic amines) is 1. The van der Waals surface area contributed by atoms with Crippen LogP contribution in [-0.2, 0) is 20.6 Å². The molecule has 2 heterocycles. The highest BCUT2D eigenvalue weighted by atomic mass is 19.4. The Morgan fingerprint density at radius 3 is 2.60 bits per heavy atom. The van der Waals surface area contributed by atoms with Gasteiger partial charge in [0.15, 0.2) is 0 Å². The van der Waals surface area contributed by atoms with Crippen LogP contribution in [0, 0.1) is 11.8 Å². The summed E-state index contributed by atoms with van der Waals surface area (Å²) >= 11 is 0. The lowest BCUT2D eigenvalue weighted by atomic mass is 10.0. The normalized spacial score (nSPS) is 22.5. The Labute approximate surface area is 173 Å². The van der Waals surface area contributed by atoms with Gasteiger partial charge in [-0.25, -0.2) is 0 Å². The second-order valence-electron chi connectivity index (χ2n) is 8.24. The molecule has 164 valence electrons. The van der Waals surface area contributed by atoms with Crippen LogP contribution < -0.4 is 10.2 Å². The number of carbonyl (C=O) groups is 3. The average Bonchev–Trinajstić information content (AvgIpc) is 3.08. The van der Waals surface area contributed by atoms with E-state index in [2.05, 4.69) is 5.32 Å². The predicted molar refractivity (Wildman–Crippen MR) is 104 cm³/mol. The zero-order valence-corrected chi connectivity index (χ0v) is 17.0. The average molecular weight is 425 g/mol. The number of alkyl halides is 3. The fourth-order valence-electron chi connectivity index (χ4n) is 3.89. The largest absolute Gasteiger partial charge is 0.416 e. The summed E-state index contributed by atoms with van der Waals surface area (Å²) in [5.41, 5.74) is -0.687. The quantitative estimate of drug-likeness (QED) is 0.807. The molecule has 2 aliphatic heterocycles. The van der Waals surface area contributed by atoms with E-state index in [0.29, 0.717) is 13.1 Å². The van der Waals surface area contributed by atoms with E-state index in [0.717, 1.165) is 25.0 Å². The summed E-state index contributed by atoms with van der Waals surface area (Å²) < 4.78 is 38.9. The summed E-state index contributed by atoms with van der Waals surface area (Å²) in [6.45, 7) is 4.58. The molecule has 2 aliphatic rings. The third kappa shape index (κ3) is 4.94. The Kier molecular flexibility index (Phi) is 6.38. The third-order valence-electron chi connectivity index (χ3n) is 5.56. The zero-order valence-electron chi connectivity index (χ0n) is 17.0. The summed E-state index contributed by atoms with van der Waals surface area (Å²) in [5, 5.41) is 2.94. The van der Waals surface area contributed by atoms with Crippen LogP contribution in [0.3, 0.4) is 0 Å². The van der Waals surface area contributed by atoms with E-state index in [9.17, 15) is 27.6 Å². The molecule has 2 unspecified atom stereocenters. The van der Waals surface area contributed by atoms with E-state index >= 15 is 0 Å². The number of carbonyl (C=O) groups excluding carboxylic acids is 3. The van der Waals surface area contributed by atoms with Gasteiger partial charge in [-0.3, -0.25) is 14.4 Å². The second-order valence-corrected chi connectivity index (χ2v) is 8.24. The highest BCUT2D eigenvalue weighted by Gasteiger charge is 2.39. The molecule has 0 saturated carbocycles. The molecule has 3 rings (SSSR count). The number of benzene rings is 1. The lowest BCUT2D eigenvalue weighted by Crippen LogP contribution is -2.51. The van der Waals surface area contributed by atoms with Crippen LogP contribution in [0.15, 0.2) is 24.3 Å². The fourth-order valence-corrected chi connectivity index (χ4v) is 3.89. The first-order chi connectivity index (χ1) is 14.1. The van der Waals surface area contributed by atoms with Crippen molar-refractivity contribution < 1.29 is 27.6 Å². The van der Waals surface area contributed by atoms with Crippen molar-refractivity contribution in [3.05, 3.63) is 29.8 Å². The molecule has 2 atom stereocenters. The topological polar surface area (TPSA) is 69.7 Å². The number of nitrogens with zero attached hydrogens (tertiary/aromatic N) is 2. The molecular formula is C21H26F3N3O3. The van der Waals surface area contributed by atoms with Gasteiger partial charge in [-0.2, -0.15) is 13.2 Å². The fraction of sp³-hybridized carbons (Fsp3) is 0.571. The summed E-state index contributed by atoms with van der Waals surface area (Å²) in [5.74, 6) is -1.38. The first kappa shape index (κ1) is 22.1. The van der Waals surface area contributed by atoms with Crippen molar-refractivity contribution in [3.8, 4) is 0 Å². The van der Waals surface area contributed by atoms with Crippen LogP contribution in [0.1, 0.15) is 38.7 Å². The van der Waals surface area contributed by atoms with Crippen molar-refractivity contribution in [1.29, 1.82) is 0 Å². The second kappa shape index (κ2) is 8.65. The minimum Gasteiger partial charge on any atom is -0.351 e. The molecular weight excluding hydrogens is 399 g/mol. The number of hydrogen-bond donors (Lipinski definition) is 1. The van der Waals surface area contributed by atoms with Crippen LogP contribution in [0.5, 0.6) is 0 Å². The van der Waals surface area contributed by atoms with Gasteiger partial charge in [0.05, 0.1) is 11.5 Å². The molecule has 0 aliphatic carbocycles. The maximum Gasteiger partial charge on any atom is 0.416 e. The standard InChI is InChI=1S/C21H26F3N3O3/c1-13(2)19(29)25-16-6-4-8-26(12-16)20(30)14-9-18(28)27(11-14)17-7-3-5-15(10-17)21(22,23)24/h3,5,7,10,13-14,16H,4,6,8-9,11-12H2,1-2H3,(H,25,29). The number of nitrogens with one attached hydrogen (secondary N) is 1. The Bertz CT molecular complexity index is 825. The van der Waals surface area contributed by atoms with E-state index in [-0.39, 0.29) is 48.3 Å². The van der Waals surface area contributed by atoms with Crippen molar-refractivity contribution >= 4 is 23.4 Å². The van der Waals surface area contributed by atoms with Gasteiger partial charge in [0, 0.05) is 43.7 Å². The van der Waals surface area contributed by atoms with E-state index < -0.39 is 17.7 Å². The Morgan fingerprint density at radius 1 is 1.20 bits per heavy atom. The molecule has 1 aromatic carbocycles. The van der Waals surface area contributed by atoms with Crippen LogP contribution in [-0.4, -0.2) is 48.3 Å². The number of anilines is 1. The number of amides is 3. The van der Waals surface area contributed by atoms with Gasteiger partial charge < -0.3 is 15.1 Å². The van der Waals surface area contributed by atoms with E-state index in [1.54, 1.807) is 18.7 Å². The van der Waals surface area contributed by atoms with Crippen molar-refractivity contribution in [2.75, 3.05) is 24.5 Å². The molecule has 2 saturated heterocycles. The Morgan fingerprint density at radius 2 is 1.93 bits per heavy atom. The zero-order chi connectivity index (χ0) is 22.1. The Hall–Kier alpha value is -2.58. The van der Waals surface area contributed by atoms with E-state index in [1.807, 2.05) is 0 Å². The first-order valence-electron chi connectivity index (χ1n) is 10.1.